The number of nitrogens with one attached hydrogen (secondary N) is 1. The van der Waals surface area contributed by atoms with E-state index in [2.05, 4.69) is 22.3 Å². The highest BCUT2D eigenvalue weighted by Gasteiger charge is 2.29. The van der Waals surface area contributed by atoms with E-state index in [1.165, 1.54) is 0 Å². The van der Waals surface area contributed by atoms with E-state index < -0.39 is 11.6 Å². The molecule has 3 rings (SSSR count). The van der Waals surface area contributed by atoms with Crippen LogP contribution in [0.25, 0.3) is 0 Å². The van der Waals surface area contributed by atoms with Gasteiger partial charge in [-0.2, -0.15) is 0 Å². The molecule has 0 radical (unpaired) electrons. The number of aliphatic hydroxyl groups is 1. The van der Waals surface area contributed by atoms with Gasteiger partial charge in [0.15, 0.2) is 0 Å². The number of benzene rings is 2. The lowest BCUT2D eigenvalue weighted by atomic mass is 9.92. The molecule has 1 fully saturated rings. The van der Waals surface area contributed by atoms with Gasteiger partial charge in [-0.25, -0.2) is 0 Å². The van der Waals surface area contributed by atoms with E-state index in [1.54, 1.807) is 0 Å². The monoisotopic (exact) mass is 474 g/mol. The fraction of sp³-hybridized carbons (Fsp3) is 0.500. The lowest BCUT2D eigenvalue weighted by molar-refractivity contribution is -0.137. The van der Waals surface area contributed by atoms with Gasteiger partial charge in [-0.3, -0.25) is 4.79 Å². The quantitative estimate of drug-likeness (QED) is 0.403. The van der Waals surface area contributed by atoms with E-state index in [-0.39, 0.29) is 18.4 Å². The minimum atomic E-state index is -0.885. The van der Waals surface area contributed by atoms with Crippen LogP contribution in [-0.4, -0.2) is 47.6 Å². The van der Waals surface area contributed by atoms with Crippen LogP contribution in [0.3, 0.4) is 0 Å². The summed E-state index contributed by atoms with van der Waals surface area (Å²) in [4.78, 5) is 13.7. The number of halogens is 1. The molecule has 0 aliphatic carbocycles. The minimum absolute atomic E-state index is 0.0758. The average molecular weight is 475 g/mol. The summed E-state index contributed by atoms with van der Waals surface area (Å²) in [6, 6.07) is 13.9. The molecule has 7 heteroatoms. The molecule has 1 atom stereocenters. The number of aliphatic carboxylic acids is 1. The van der Waals surface area contributed by atoms with E-state index in [1.807, 2.05) is 51.1 Å². The largest absolute Gasteiger partial charge is 0.481 e. The van der Waals surface area contributed by atoms with Crippen molar-refractivity contribution in [3.8, 4) is 0 Å². The van der Waals surface area contributed by atoms with Crippen molar-refractivity contribution in [1.82, 2.24) is 0 Å². The summed E-state index contributed by atoms with van der Waals surface area (Å²) in [5.74, 6) is -0.878. The van der Waals surface area contributed by atoms with Crippen molar-refractivity contribution in [2.45, 2.75) is 64.0 Å². The Hall–Kier alpha value is -2.28. The van der Waals surface area contributed by atoms with E-state index in [4.69, 9.17) is 16.3 Å². The lowest BCUT2D eigenvalue weighted by Crippen LogP contribution is -2.47. The standard InChI is InChI=1S/C26H35ClN2O4/c1-4-18(16-25(30)31)19-5-10-24(23(15-19)28-21-8-6-20(27)7-9-21)29(17-26(2,3)32)22-11-13-33-14-12-22/h5-10,15,18,22,28,32H,4,11-14,16-17H2,1-3H3,(H,30,31). The van der Waals surface area contributed by atoms with Crippen LogP contribution in [0.5, 0.6) is 0 Å². The summed E-state index contributed by atoms with van der Waals surface area (Å²) in [6.45, 7) is 7.51. The lowest BCUT2D eigenvalue weighted by Gasteiger charge is -2.40. The molecule has 0 aromatic heterocycles. The number of nitrogens with zero attached hydrogens (tertiary/aromatic N) is 1. The second-order valence-electron chi connectivity index (χ2n) is 9.40. The average Bonchev–Trinajstić information content (AvgIpc) is 2.77. The molecule has 0 saturated carbocycles. The Bertz CT molecular complexity index is 921. The SMILES string of the molecule is CCC(CC(=O)O)c1ccc(N(CC(C)(C)O)C2CCOCC2)c(Nc2ccc(Cl)cc2)c1. The van der Waals surface area contributed by atoms with Crippen LogP contribution in [0.4, 0.5) is 17.1 Å². The second kappa shape index (κ2) is 11.2. The number of hydrogen-bond donors (Lipinski definition) is 3. The molecule has 6 nitrogen and oxygen atoms in total. The van der Waals surface area contributed by atoms with Crippen molar-refractivity contribution in [2.75, 3.05) is 30.0 Å². The number of carbonyl (C=O) groups is 1. The molecule has 2 aromatic carbocycles. The molecule has 0 spiro atoms. The first kappa shape index (κ1) is 25.3. The van der Waals surface area contributed by atoms with Gasteiger partial charge >= 0.3 is 5.97 Å². The fourth-order valence-electron chi connectivity index (χ4n) is 4.38. The molecule has 1 heterocycles. The topological polar surface area (TPSA) is 82.0 Å². The minimum Gasteiger partial charge on any atom is -0.481 e. The van der Waals surface area contributed by atoms with Crippen molar-refractivity contribution in [3.05, 3.63) is 53.1 Å². The summed E-state index contributed by atoms with van der Waals surface area (Å²) < 4.78 is 5.58. The van der Waals surface area contributed by atoms with E-state index in [0.717, 1.165) is 41.9 Å². The van der Waals surface area contributed by atoms with Crippen molar-refractivity contribution in [3.63, 3.8) is 0 Å². The van der Waals surface area contributed by atoms with Gasteiger partial charge in [0.2, 0.25) is 0 Å². The summed E-state index contributed by atoms with van der Waals surface area (Å²) >= 11 is 6.07. The Morgan fingerprint density at radius 1 is 1.21 bits per heavy atom. The second-order valence-corrected chi connectivity index (χ2v) is 9.83. The number of carboxylic acids is 1. The van der Waals surface area contributed by atoms with E-state index in [9.17, 15) is 15.0 Å². The van der Waals surface area contributed by atoms with Crippen LogP contribution in [0.1, 0.15) is 57.9 Å². The van der Waals surface area contributed by atoms with Crippen molar-refractivity contribution in [1.29, 1.82) is 0 Å². The first-order chi connectivity index (χ1) is 15.7. The first-order valence-corrected chi connectivity index (χ1v) is 12.0. The van der Waals surface area contributed by atoms with E-state index in [0.29, 0.717) is 24.8 Å². The smallest absolute Gasteiger partial charge is 0.303 e. The molecule has 1 saturated heterocycles. The highest BCUT2D eigenvalue weighted by Crippen LogP contribution is 2.37. The molecular formula is C26H35ClN2O4. The van der Waals surface area contributed by atoms with Crippen LogP contribution in [-0.2, 0) is 9.53 Å². The Morgan fingerprint density at radius 2 is 1.88 bits per heavy atom. The summed E-state index contributed by atoms with van der Waals surface area (Å²) in [5, 5.41) is 24.2. The van der Waals surface area contributed by atoms with Gasteiger partial charge in [0, 0.05) is 36.5 Å². The molecule has 1 unspecified atom stereocenters. The third kappa shape index (κ3) is 7.36. The van der Waals surface area contributed by atoms with Crippen LogP contribution in [0, 0.1) is 0 Å². The molecule has 33 heavy (non-hydrogen) atoms. The Labute approximate surface area is 201 Å². The Morgan fingerprint density at radius 3 is 2.45 bits per heavy atom. The zero-order valence-corrected chi connectivity index (χ0v) is 20.4. The number of anilines is 3. The molecule has 0 amide bonds. The van der Waals surface area contributed by atoms with Gasteiger partial charge < -0.3 is 25.2 Å². The Kier molecular flexibility index (Phi) is 8.63. The Balaban J connectivity index is 2.05. The molecule has 180 valence electrons. The number of ether oxygens (including phenoxy) is 1. The molecule has 2 aromatic rings. The molecule has 1 aliphatic rings. The third-order valence-electron chi connectivity index (χ3n) is 6.03. The van der Waals surface area contributed by atoms with Gasteiger partial charge in [-0.05, 0) is 81.0 Å². The highest BCUT2D eigenvalue weighted by atomic mass is 35.5. The maximum Gasteiger partial charge on any atom is 0.303 e. The van der Waals surface area contributed by atoms with Crippen LogP contribution < -0.4 is 10.2 Å². The predicted molar refractivity (Wildman–Crippen MR) is 134 cm³/mol. The zero-order valence-electron chi connectivity index (χ0n) is 19.7. The van der Waals surface area contributed by atoms with Gasteiger partial charge in [0.05, 0.1) is 23.4 Å². The molecular weight excluding hydrogens is 440 g/mol. The van der Waals surface area contributed by atoms with E-state index >= 15 is 0 Å². The van der Waals surface area contributed by atoms with Gasteiger partial charge in [0.1, 0.15) is 0 Å². The van der Waals surface area contributed by atoms with Crippen molar-refractivity contribution in [2.24, 2.45) is 0 Å². The number of hydrogen-bond acceptors (Lipinski definition) is 5. The van der Waals surface area contributed by atoms with Crippen LogP contribution in [0.15, 0.2) is 42.5 Å². The fourth-order valence-corrected chi connectivity index (χ4v) is 4.51. The highest BCUT2D eigenvalue weighted by molar-refractivity contribution is 6.30. The molecule has 1 aliphatic heterocycles. The normalized spacial score (nSPS) is 15.8. The summed E-state index contributed by atoms with van der Waals surface area (Å²) in [5.41, 5.74) is 2.85. The van der Waals surface area contributed by atoms with Crippen LogP contribution >= 0.6 is 11.6 Å². The van der Waals surface area contributed by atoms with Gasteiger partial charge in [-0.15, -0.1) is 0 Å². The summed E-state index contributed by atoms with van der Waals surface area (Å²) in [7, 11) is 0. The maximum atomic E-state index is 11.4. The van der Waals surface area contributed by atoms with Crippen LogP contribution in [0.2, 0.25) is 5.02 Å². The van der Waals surface area contributed by atoms with Crippen molar-refractivity contribution >= 4 is 34.6 Å². The number of carboxylic acid groups (broad SMARTS) is 1. The first-order valence-electron chi connectivity index (χ1n) is 11.6. The molecule has 3 N–H and O–H groups in total. The predicted octanol–water partition coefficient (Wildman–Crippen LogP) is 5.81. The van der Waals surface area contributed by atoms with Gasteiger partial charge in [-0.1, -0.05) is 24.6 Å². The van der Waals surface area contributed by atoms with Crippen molar-refractivity contribution < 1.29 is 19.7 Å². The maximum absolute atomic E-state index is 11.4. The molecule has 0 bridgehead atoms. The third-order valence-corrected chi connectivity index (χ3v) is 6.28. The zero-order chi connectivity index (χ0) is 24.0. The summed E-state index contributed by atoms with van der Waals surface area (Å²) in [6.07, 6.45) is 2.59. The number of rotatable bonds is 10. The van der Waals surface area contributed by atoms with Gasteiger partial charge in [0.25, 0.3) is 0 Å².